The highest BCUT2D eigenvalue weighted by Crippen LogP contribution is 2.25. The van der Waals surface area contributed by atoms with Crippen LogP contribution < -0.4 is 10.2 Å². The van der Waals surface area contributed by atoms with Crippen LogP contribution in [0.15, 0.2) is 18.5 Å². The summed E-state index contributed by atoms with van der Waals surface area (Å²) < 4.78 is 0. The van der Waals surface area contributed by atoms with Crippen LogP contribution in [0.2, 0.25) is 0 Å². The van der Waals surface area contributed by atoms with Gasteiger partial charge < -0.3 is 5.32 Å². The summed E-state index contributed by atoms with van der Waals surface area (Å²) in [5.41, 5.74) is 1.66. The van der Waals surface area contributed by atoms with E-state index < -0.39 is 6.04 Å². The standard InChI is InChI=1S/C13H17N3O2/c1-8(2)12-13(18)15-7-11(17)16(12)10-6-14-5-4-9(10)3/h4-6,8,12H,7H2,1-3H3,(H,15,18). The molecule has 0 aliphatic carbocycles. The average molecular weight is 247 g/mol. The molecule has 0 spiro atoms. The van der Waals surface area contributed by atoms with Gasteiger partial charge >= 0.3 is 0 Å². The van der Waals surface area contributed by atoms with Crippen LogP contribution in [0.5, 0.6) is 0 Å². The molecule has 1 aliphatic rings. The molecule has 5 nitrogen and oxygen atoms in total. The van der Waals surface area contributed by atoms with Gasteiger partial charge in [-0.3, -0.25) is 19.5 Å². The summed E-state index contributed by atoms with van der Waals surface area (Å²) in [6.07, 6.45) is 3.32. The van der Waals surface area contributed by atoms with Crippen molar-refractivity contribution in [1.82, 2.24) is 10.3 Å². The second-order valence-corrected chi connectivity index (χ2v) is 4.83. The Kier molecular flexibility index (Phi) is 3.32. The zero-order valence-corrected chi connectivity index (χ0v) is 10.8. The Morgan fingerprint density at radius 1 is 1.44 bits per heavy atom. The van der Waals surface area contributed by atoms with Crippen molar-refractivity contribution >= 4 is 17.5 Å². The van der Waals surface area contributed by atoms with Gasteiger partial charge in [-0.2, -0.15) is 0 Å². The van der Waals surface area contributed by atoms with E-state index in [1.54, 1.807) is 17.3 Å². The number of anilines is 1. The fourth-order valence-electron chi connectivity index (χ4n) is 2.22. The van der Waals surface area contributed by atoms with E-state index in [9.17, 15) is 9.59 Å². The Balaban J connectivity index is 2.47. The Bertz CT molecular complexity index is 485. The van der Waals surface area contributed by atoms with E-state index in [1.165, 1.54) is 0 Å². The molecule has 0 saturated carbocycles. The van der Waals surface area contributed by atoms with Crippen molar-refractivity contribution in [1.29, 1.82) is 0 Å². The molecule has 2 heterocycles. The molecule has 1 atom stereocenters. The predicted octanol–water partition coefficient (Wildman–Crippen LogP) is 0.877. The number of hydrogen-bond donors (Lipinski definition) is 1. The van der Waals surface area contributed by atoms with Crippen LogP contribution in [0.4, 0.5) is 5.69 Å². The minimum atomic E-state index is -0.464. The third kappa shape index (κ3) is 2.08. The molecule has 0 bridgehead atoms. The minimum absolute atomic E-state index is 0.0499. The monoisotopic (exact) mass is 247 g/mol. The van der Waals surface area contributed by atoms with Crippen molar-refractivity contribution in [3.8, 4) is 0 Å². The van der Waals surface area contributed by atoms with E-state index in [0.29, 0.717) is 0 Å². The number of amides is 2. The number of hydrogen-bond acceptors (Lipinski definition) is 3. The van der Waals surface area contributed by atoms with Crippen LogP contribution in [0.3, 0.4) is 0 Å². The van der Waals surface area contributed by atoms with E-state index in [-0.39, 0.29) is 24.3 Å². The average Bonchev–Trinajstić information content (AvgIpc) is 2.32. The second kappa shape index (κ2) is 4.76. The summed E-state index contributed by atoms with van der Waals surface area (Å²) in [5, 5.41) is 2.63. The number of aryl methyl sites for hydroxylation is 1. The highest BCUT2D eigenvalue weighted by Gasteiger charge is 2.38. The number of nitrogens with zero attached hydrogens (tertiary/aromatic N) is 2. The first kappa shape index (κ1) is 12.5. The smallest absolute Gasteiger partial charge is 0.247 e. The molecule has 1 unspecified atom stereocenters. The number of aromatic nitrogens is 1. The van der Waals surface area contributed by atoms with Crippen LogP contribution in [0.1, 0.15) is 19.4 Å². The van der Waals surface area contributed by atoms with Gasteiger partial charge in [-0.05, 0) is 24.5 Å². The molecule has 1 aromatic heterocycles. The lowest BCUT2D eigenvalue weighted by atomic mass is 9.98. The maximum Gasteiger partial charge on any atom is 0.247 e. The quantitative estimate of drug-likeness (QED) is 0.843. The lowest BCUT2D eigenvalue weighted by molar-refractivity contribution is -0.131. The van der Waals surface area contributed by atoms with Gasteiger partial charge in [0.05, 0.1) is 18.4 Å². The summed E-state index contributed by atoms with van der Waals surface area (Å²) in [7, 11) is 0. The van der Waals surface area contributed by atoms with Crippen molar-refractivity contribution in [2.45, 2.75) is 26.8 Å². The SMILES string of the molecule is Cc1ccncc1N1C(=O)CNC(=O)C1C(C)C. The molecule has 2 rings (SSSR count). The molecule has 2 amide bonds. The Hall–Kier alpha value is -1.91. The highest BCUT2D eigenvalue weighted by atomic mass is 16.2. The molecular weight excluding hydrogens is 230 g/mol. The molecule has 0 radical (unpaired) electrons. The van der Waals surface area contributed by atoms with E-state index >= 15 is 0 Å². The van der Waals surface area contributed by atoms with Crippen molar-refractivity contribution < 1.29 is 9.59 Å². The normalized spacial score (nSPS) is 20.2. The van der Waals surface area contributed by atoms with Crippen LogP contribution in [-0.2, 0) is 9.59 Å². The number of carbonyl (C=O) groups excluding carboxylic acids is 2. The summed E-state index contributed by atoms with van der Waals surface area (Å²) in [6, 6.07) is 1.38. The number of carbonyl (C=O) groups is 2. The van der Waals surface area contributed by atoms with E-state index in [2.05, 4.69) is 10.3 Å². The number of piperazine rings is 1. The molecular formula is C13H17N3O2. The number of pyridine rings is 1. The molecule has 1 aliphatic heterocycles. The zero-order chi connectivity index (χ0) is 13.3. The van der Waals surface area contributed by atoms with Crippen LogP contribution in [0.25, 0.3) is 0 Å². The van der Waals surface area contributed by atoms with Gasteiger partial charge in [0.25, 0.3) is 0 Å². The summed E-state index contributed by atoms with van der Waals surface area (Å²) in [6.45, 7) is 5.83. The molecule has 1 N–H and O–H groups in total. The van der Waals surface area contributed by atoms with E-state index in [1.807, 2.05) is 26.8 Å². The maximum atomic E-state index is 12.1. The first-order valence-electron chi connectivity index (χ1n) is 6.02. The van der Waals surface area contributed by atoms with Gasteiger partial charge in [-0.15, -0.1) is 0 Å². The van der Waals surface area contributed by atoms with Crippen LogP contribution >= 0.6 is 0 Å². The Morgan fingerprint density at radius 2 is 2.17 bits per heavy atom. The third-order valence-electron chi connectivity index (χ3n) is 3.13. The Labute approximate surface area is 106 Å². The largest absolute Gasteiger partial charge is 0.345 e. The number of nitrogens with one attached hydrogen (secondary N) is 1. The molecule has 1 fully saturated rings. The first-order valence-corrected chi connectivity index (χ1v) is 6.02. The Morgan fingerprint density at radius 3 is 2.78 bits per heavy atom. The fraction of sp³-hybridized carbons (Fsp3) is 0.462. The van der Waals surface area contributed by atoms with Gasteiger partial charge in [-0.1, -0.05) is 13.8 Å². The van der Waals surface area contributed by atoms with Crippen molar-refractivity contribution in [3.63, 3.8) is 0 Å². The summed E-state index contributed by atoms with van der Waals surface area (Å²) in [5.74, 6) is -0.147. The minimum Gasteiger partial charge on any atom is -0.345 e. The predicted molar refractivity (Wildman–Crippen MR) is 68.1 cm³/mol. The van der Waals surface area contributed by atoms with Crippen LogP contribution in [0, 0.1) is 12.8 Å². The van der Waals surface area contributed by atoms with Gasteiger partial charge in [0.2, 0.25) is 11.8 Å². The lowest BCUT2D eigenvalue weighted by Crippen LogP contribution is -2.60. The maximum absolute atomic E-state index is 12.1. The topological polar surface area (TPSA) is 62.3 Å². The van der Waals surface area contributed by atoms with Gasteiger partial charge in [-0.25, -0.2) is 0 Å². The summed E-state index contributed by atoms with van der Waals surface area (Å²) in [4.78, 5) is 29.7. The second-order valence-electron chi connectivity index (χ2n) is 4.83. The van der Waals surface area contributed by atoms with Gasteiger partial charge in [0.1, 0.15) is 6.04 Å². The molecule has 0 aromatic carbocycles. The van der Waals surface area contributed by atoms with Crippen molar-refractivity contribution in [2.75, 3.05) is 11.4 Å². The summed E-state index contributed by atoms with van der Waals surface area (Å²) >= 11 is 0. The van der Waals surface area contributed by atoms with E-state index in [0.717, 1.165) is 11.3 Å². The molecule has 1 aromatic rings. The molecule has 96 valence electrons. The highest BCUT2D eigenvalue weighted by molar-refractivity contribution is 6.06. The number of rotatable bonds is 2. The van der Waals surface area contributed by atoms with Crippen LogP contribution in [-0.4, -0.2) is 29.4 Å². The first-order chi connectivity index (χ1) is 8.52. The van der Waals surface area contributed by atoms with Crippen molar-refractivity contribution in [2.24, 2.45) is 5.92 Å². The van der Waals surface area contributed by atoms with E-state index in [4.69, 9.17) is 0 Å². The zero-order valence-electron chi connectivity index (χ0n) is 10.8. The van der Waals surface area contributed by atoms with Gasteiger partial charge in [0, 0.05) is 6.20 Å². The lowest BCUT2D eigenvalue weighted by Gasteiger charge is -2.37. The molecule has 1 saturated heterocycles. The molecule has 5 heteroatoms. The fourth-order valence-corrected chi connectivity index (χ4v) is 2.22. The van der Waals surface area contributed by atoms with Crippen molar-refractivity contribution in [3.05, 3.63) is 24.0 Å². The van der Waals surface area contributed by atoms with Gasteiger partial charge in [0.15, 0.2) is 0 Å². The molecule has 18 heavy (non-hydrogen) atoms. The third-order valence-corrected chi connectivity index (χ3v) is 3.13.